The zero-order valence-electron chi connectivity index (χ0n) is 15.2. The molecule has 1 atom stereocenters. The highest BCUT2D eigenvalue weighted by molar-refractivity contribution is 5.58. The molecule has 0 bridgehead atoms. The number of hydrogen-bond acceptors (Lipinski definition) is 4. The van der Waals surface area contributed by atoms with Crippen LogP contribution in [0.5, 0.6) is 5.75 Å². The number of imidazole rings is 1. The van der Waals surface area contributed by atoms with Gasteiger partial charge in [-0.3, -0.25) is 4.90 Å². The van der Waals surface area contributed by atoms with E-state index < -0.39 is 0 Å². The van der Waals surface area contributed by atoms with E-state index in [-0.39, 0.29) is 0 Å². The summed E-state index contributed by atoms with van der Waals surface area (Å²) in [6, 6.07) is 12.1. The molecule has 5 heteroatoms. The minimum Gasteiger partial charge on any atom is -0.497 e. The van der Waals surface area contributed by atoms with Crippen molar-refractivity contribution in [3.05, 3.63) is 60.9 Å². The normalized spacial score (nSPS) is 18.1. The number of likely N-dealkylation sites (tertiary alicyclic amines) is 1. The maximum atomic E-state index is 6.09. The van der Waals surface area contributed by atoms with E-state index in [4.69, 9.17) is 9.15 Å². The van der Waals surface area contributed by atoms with Gasteiger partial charge in [-0.15, -0.1) is 0 Å². The minimum atomic E-state index is 0.675. The fourth-order valence-electron chi connectivity index (χ4n) is 3.73. The van der Waals surface area contributed by atoms with E-state index in [9.17, 15) is 0 Å². The second kappa shape index (κ2) is 7.79. The van der Waals surface area contributed by atoms with Crippen LogP contribution in [0, 0.1) is 5.92 Å². The summed E-state index contributed by atoms with van der Waals surface area (Å²) < 4.78 is 13.5. The van der Waals surface area contributed by atoms with Crippen molar-refractivity contribution in [2.24, 2.45) is 5.92 Å². The summed E-state index contributed by atoms with van der Waals surface area (Å²) in [6.07, 6.45) is 8.33. The Balaban J connectivity index is 1.37. The first kappa shape index (κ1) is 16.9. The maximum Gasteiger partial charge on any atom is 0.134 e. The fourth-order valence-corrected chi connectivity index (χ4v) is 3.73. The van der Waals surface area contributed by atoms with Crippen LogP contribution in [0.25, 0.3) is 11.3 Å². The van der Waals surface area contributed by atoms with Crippen LogP contribution in [0.4, 0.5) is 0 Å². The highest BCUT2D eigenvalue weighted by Gasteiger charge is 2.21. The minimum absolute atomic E-state index is 0.675. The summed E-state index contributed by atoms with van der Waals surface area (Å²) in [4.78, 5) is 6.65. The summed E-state index contributed by atoms with van der Waals surface area (Å²) in [7, 11) is 1.68. The summed E-state index contributed by atoms with van der Waals surface area (Å²) in [5.74, 6) is 3.47. The van der Waals surface area contributed by atoms with E-state index in [1.54, 1.807) is 7.11 Å². The number of benzene rings is 1. The summed E-state index contributed by atoms with van der Waals surface area (Å²) >= 11 is 0. The van der Waals surface area contributed by atoms with Gasteiger partial charge in [-0.2, -0.15) is 0 Å². The number of hydrogen-bond donors (Lipinski definition) is 0. The highest BCUT2D eigenvalue weighted by atomic mass is 16.5. The summed E-state index contributed by atoms with van der Waals surface area (Å²) in [5.41, 5.74) is 1.08. The van der Waals surface area contributed by atoms with E-state index >= 15 is 0 Å². The van der Waals surface area contributed by atoms with Gasteiger partial charge in [0.05, 0.1) is 20.0 Å². The van der Waals surface area contributed by atoms with Crippen molar-refractivity contribution in [1.82, 2.24) is 14.5 Å². The topological polar surface area (TPSA) is 43.4 Å². The lowest BCUT2D eigenvalue weighted by molar-refractivity contribution is 0.147. The van der Waals surface area contributed by atoms with Crippen LogP contribution in [-0.4, -0.2) is 34.7 Å². The van der Waals surface area contributed by atoms with Crippen LogP contribution in [0.1, 0.15) is 18.6 Å². The zero-order valence-corrected chi connectivity index (χ0v) is 15.2. The molecule has 0 N–H and O–H groups in total. The van der Waals surface area contributed by atoms with Crippen molar-refractivity contribution >= 4 is 0 Å². The van der Waals surface area contributed by atoms with Crippen molar-refractivity contribution in [2.45, 2.75) is 25.9 Å². The molecule has 0 radical (unpaired) electrons. The second-order valence-electron chi connectivity index (χ2n) is 7.00. The average molecular weight is 351 g/mol. The molecule has 1 aliphatic heterocycles. The Hall–Kier alpha value is -2.53. The molecular weight excluding hydrogens is 326 g/mol. The second-order valence-corrected chi connectivity index (χ2v) is 7.00. The van der Waals surface area contributed by atoms with Crippen LogP contribution >= 0.6 is 0 Å². The van der Waals surface area contributed by atoms with Gasteiger partial charge in [0.2, 0.25) is 0 Å². The van der Waals surface area contributed by atoms with Crippen LogP contribution in [-0.2, 0) is 13.1 Å². The standard InChI is InChI=1S/C21H25N3O2/c1-25-19-6-4-18(5-7-19)21-9-8-20(26-21)15-23-11-2-3-17(13-23)14-24-12-10-22-16-24/h4-10,12,16-17H,2-3,11,13-15H2,1H3. The Morgan fingerprint density at radius 2 is 2.08 bits per heavy atom. The number of rotatable bonds is 6. The lowest BCUT2D eigenvalue weighted by Crippen LogP contribution is -2.36. The number of aromatic nitrogens is 2. The van der Waals surface area contributed by atoms with Crippen molar-refractivity contribution in [1.29, 1.82) is 0 Å². The van der Waals surface area contributed by atoms with Gasteiger partial charge in [0.25, 0.3) is 0 Å². The quantitative estimate of drug-likeness (QED) is 0.672. The van der Waals surface area contributed by atoms with Crippen LogP contribution in [0.15, 0.2) is 59.5 Å². The maximum absolute atomic E-state index is 6.09. The number of nitrogens with zero attached hydrogens (tertiary/aromatic N) is 3. The molecule has 3 aromatic rings. The average Bonchev–Trinajstić information content (AvgIpc) is 3.34. The van der Waals surface area contributed by atoms with Crippen LogP contribution in [0.2, 0.25) is 0 Å². The molecule has 1 saturated heterocycles. The molecule has 0 saturated carbocycles. The van der Waals surface area contributed by atoms with Crippen molar-refractivity contribution in [3.8, 4) is 17.1 Å². The van der Waals surface area contributed by atoms with Crippen molar-refractivity contribution in [3.63, 3.8) is 0 Å². The van der Waals surface area contributed by atoms with Crippen LogP contribution < -0.4 is 4.74 Å². The van der Waals surface area contributed by atoms with Gasteiger partial charge in [0, 0.05) is 31.0 Å². The van der Waals surface area contributed by atoms with E-state index in [2.05, 4.69) is 26.6 Å². The van der Waals surface area contributed by atoms with Crippen molar-refractivity contribution < 1.29 is 9.15 Å². The Kier molecular flexibility index (Phi) is 5.07. The smallest absolute Gasteiger partial charge is 0.134 e. The predicted octanol–water partition coefficient (Wildman–Crippen LogP) is 4.06. The number of ether oxygens (including phenoxy) is 1. The monoisotopic (exact) mass is 351 g/mol. The molecule has 1 aliphatic rings. The molecule has 0 aliphatic carbocycles. The predicted molar refractivity (Wildman–Crippen MR) is 101 cm³/mol. The third-order valence-electron chi connectivity index (χ3n) is 5.05. The van der Waals surface area contributed by atoms with Crippen molar-refractivity contribution in [2.75, 3.05) is 20.2 Å². The van der Waals surface area contributed by atoms with Crippen LogP contribution in [0.3, 0.4) is 0 Å². The summed E-state index contributed by atoms with van der Waals surface area (Å²) in [6.45, 7) is 4.16. The SMILES string of the molecule is COc1ccc(-c2ccc(CN3CCCC(Cn4ccnc4)C3)o2)cc1. The van der Waals surface area contributed by atoms with E-state index in [0.717, 1.165) is 49.0 Å². The molecule has 26 heavy (non-hydrogen) atoms. The summed E-state index contributed by atoms with van der Waals surface area (Å²) in [5, 5.41) is 0. The lowest BCUT2D eigenvalue weighted by atomic mass is 9.98. The van der Waals surface area contributed by atoms with Gasteiger partial charge in [0.1, 0.15) is 17.3 Å². The van der Waals surface area contributed by atoms with Gasteiger partial charge in [-0.05, 0) is 61.7 Å². The lowest BCUT2D eigenvalue weighted by Gasteiger charge is -2.32. The molecule has 0 amide bonds. The molecule has 3 heterocycles. The molecule has 1 unspecified atom stereocenters. The Morgan fingerprint density at radius 1 is 1.19 bits per heavy atom. The van der Waals surface area contributed by atoms with Gasteiger partial charge < -0.3 is 13.7 Å². The molecule has 1 aromatic carbocycles. The molecule has 5 nitrogen and oxygen atoms in total. The van der Waals surface area contributed by atoms with Gasteiger partial charge in [-0.1, -0.05) is 0 Å². The zero-order chi connectivity index (χ0) is 17.8. The Bertz CT molecular complexity index is 808. The van der Waals surface area contributed by atoms with Gasteiger partial charge in [-0.25, -0.2) is 4.98 Å². The molecular formula is C21H25N3O2. The first-order valence-corrected chi connectivity index (χ1v) is 9.21. The Labute approximate surface area is 154 Å². The first-order valence-electron chi connectivity index (χ1n) is 9.21. The molecule has 136 valence electrons. The number of methoxy groups -OCH3 is 1. The number of furan rings is 1. The molecule has 4 rings (SSSR count). The third kappa shape index (κ3) is 3.99. The van der Waals surface area contributed by atoms with E-state index in [0.29, 0.717) is 5.92 Å². The highest BCUT2D eigenvalue weighted by Crippen LogP contribution is 2.26. The molecule has 0 spiro atoms. The number of piperidine rings is 1. The van der Waals surface area contributed by atoms with E-state index in [1.165, 1.54) is 12.8 Å². The molecule has 1 fully saturated rings. The third-order valence-corrected chi connectivity index (χ3v) is 5.05. The van der Waals surface area contributed by atoms with Gasteiger partial charge >= 0.3 is 0 Å². The largest absolute Gasteiger partial charge is 0.497 e. The fraction of sp³-hybridized carbons (Fsp3) is 0.381. The first-order chi connectivity index (χ1) is 12.8. The van der Waals surface area contributed by atoms with Gasteiger partial charge in [0.15, 0.2) is 0 Å². The Morgan fingerprint density at radius 3 is 2.85 bits per heavy atom. The van der Waals surface area contributed by atoms with E-state index in [1.807, 2.05) is 43.0 Å². The molecule has 2 aromatic heterocycles.